The van der Waals surface area contributed by atoms with Gasteiger partial charge in [-0.15, -0.1) is 0 Å². The predicted molar refractivity (Wildman–Crippen MR) is 223 cm³/mol. The van der Waals surface area contributed by atoms with E-state index in [4.69, 9.17) is 11.6 Å². The zero-order valence-corrected chi connectivity index (χ0v) is 33.2. The van der Waals surface area contributed by atoms with Crippen molar-refractivity contribution in [1.29, 1.82) is 0 Å². The molecule has 2 nitrogen and oxygen atoms in total. The van der Waals surface area contributed by atoms with Gasteiger partial charge in [0.05, 0.1) is 6.54 Å². The van der Waals surface area contributed by atoms with Crippen LogP contribution in [0.3, 0.4) is 0 Å². The third-order valence-corrected chi connectivity index (χ3v) is 11.8. The molecule has 268 valence electrons. The van der Waals surface area contributed by atoms with E-state index in [1.165, 1.54) is 67.3 Å². The highest BCUT2D eigenvalue weighted by molar-refractivity contribution is 6.32. The van der Waals surface area contributed by atoms with Gasteiger partial charge in [-0.05, 0) is 118 Å². The second kappa shape index (κ2) is 15.6. The molecule has 6 rings (SSSR count). The maximum Gasteiger partial charge on any atom is 0.133 e. The summed E-state index contributed by atoms with van der Waals surface area (Å²) in [5.41, 5.74) is 9.38. The average Bonchev–Trinajstić information content (AvgIpc) is 3.32. The third-order valence-electron chi connectivity index (χ3n) is 11.3. The Kier molecular flexibility index (Phi) is 11.3. The van der Waals surface area contributed by atoms with Crippen molar-refractivity contribution < 1.29 is 5.32 Å². The molecule has 0 bridgehead atoms. The first-order valence-electron chi connectivity index (χ1n) is 19.5. The van der Waals surface area contributed by atoms with Crippen LogP contribution in [0.1, 0.15) is 105 Å². The van der Waals surface area contributed by atoms with Gasteiger partial charge < -0.3 is 10.2 Å². The van der Waals surface area contributed by atoms with Crippen molar-refractivity contribution in [1.82, 2.24) is 0 Å². The Hall–Kier alpha value is -3.59. The molecular weight excluding hydrogens is 640 g/mol. The summed E-state index contributed by atoms with van der Waals surface area (Å²) in [7, 11) is 0. The smallest absolute Gasteiger partial charge is 0.133 e. The molecule has 0 radical (unpaired) electrons. The molecule has 0 fully saturated rings. The van der Waals surface area contributed by atoms with Crippen LogP contribution < -0.4 is 10.2 Å². The van der Waals surface area contributed by atoms with Gasteiger partial charge in [-0.1, -0.05) is 140 Å². The van der Waals surface area contributed by atoms with E-state index in [0.717, 1.165) is 50.2 Å². The number of fused-ring (bicyclic) bond motifs is 4. The molecule has 0 saturated heterocycles. The summed E-state index contributed by atoms with van der Waals surface area (Å²) in [4.78, 5) is 2.59. The van der Waals surface area contributed by atoms with Crippen LogP contribution in [0, 0.1) is 11.8 Å². The van der Waals surface area contributed by atoms with Crippen LogP contribution in [-0.4, -0.2) is 13.1 Å². The number of nitrogens with zero attached hydrogens (tertiary/aromatic N) is 1. The molecule has 3 heteroatoms. The first-order chi connectivity index (χ1) is 24.4. The van der Waals surface area contributed by atoms with Crippen LogP contribution in [0.5, 0.6) is 0 Å². The monoisotopic (exact) mass is 699 g/mol. The largest absolute Gasteiger partial charge is 0.344 e. The predicted octanol–water partition coefficient (Wildman–Crippen LogP) is 12.8. The molecule has 0 saturated carbocycles. The summed E-state index contributed by atoms with van der Waals surface area (Å²) < 4.78 is 0. The van der Waals surface area contributed by atoms with E-state index in [-0.39, 0.29) is 10.8 Å². The molecule has 0 amide bonds. The molecule has 0 unspecified atom stereocenters. The van der Waals surface area contributed by atoms with Crippen molar-refractivity contribution in [3.05, 3.63) is 130 Å². The van der Waals surface area contributed by atoms with Crippen molar-refractivity contribution >= 4 is 44.5 Å². The number of allylic oxidation sites excluding steroid dienone is 8. The highest BCUT2D eigenvalue weighted by Crippen LogP contribution is 2.51. The Morgan fingerprint density at radius 2 is 1.49 bits per heavy atom. The average molecular weight is 700 g/mol. The van der Waals surface area contributed by atoms with Gasteiger partial charge in [0.15, 0.2) is 0 Å². The Balaban J connectivity index is 1.29. The third kappa shape index (κ3) is 7.93. The Morgan fingerprint density at radius 3 is 2.22 bits per heavy atom. The number of hydrogen-bond donors (Lipinski definition) is 1. The van der Waals surface area contributed by atoms with E-state index >= 15 is 0 Å². The molecule has 0 aromatic heterocycles. The van der Waals surface area contributed by atoms with E-state index in [1.807, 2.05) is 0 Å². The standard InChI is InChI=1S/C48H59ClN2/c1-33(2)28-31-50-41-25-22-35-15-9-11-20-39(35)44(41)47(5,6)30-14-19-37-17-13-18-38(46(37)49)24-27-43-48(7,8)45-40-21-12-10-16-36(40)23-26-42(45)51(43)32-29-34(3)4/h9-12,14-16,19-27,33-34,50H,13,17-18,28-32H2,1-8H3/p+1/b19-14+,38-24+,43-27+. The maximum atomic E-state index is 7.28. The van der Waals surface area contributed by atoms with E-state index in [0.29, 0.717) is 11.8 Å². The Labute approximate surface area is 313 Å². The molecule has 4 aromatic rings. The van der Waals surface area contributed by atoms with Gasteiger partial charge in [-0.2, -0.15) is 0 Å². The van der Waals surface area contributed by atoms with Crippen LogP contribution in [0.2, 0.25) is 0 Å². The number of nitrogens with two attached hydrogens (primary N) is 1. The van der Waals surface area contributed by atoms with Crippen LogP contribution in [0.4, 0.5) is 11.4 Å². The lowest BCUT2D eigenvalue weighted by Crippen LogP contribution is -2.78. The molecule has 0 spiro atoms. The minimum atomic E-state index is -0.115. The van der Waals surface area contributed by atoms with Crippen molar-refractivity contribution in [2.45, 2.75) is 105 Å². The summed E-state index contributed by atoms with van der Waals surface area (Å²) in [5, 5.41) is 8.77. The lowest BCUT2D eigenvalue weighted by atomic mass is 9.77. The molecule has 0 atom stereocenters. The SMILES string of the molecule is CC(C)CC[NH2+]c1ccc2ccccc2c1C(C)(C)C/C=C/C1=C(Cl)C(=C/C=C2/N(CCC(C)C)c3ccc4ccccc4c3C2(C)C)/CCC1. The number of anilines is 1. The molecule has 1 aliphatic carbocycles. The second-order valence-corrected chi connectivity index (χ2v) is 17.4. The van der Waals surface area contributed by atoms with Gasteiger partial charge in [0.2, 0.25) is 0 Å². The zero-order chi connectivity index (χ0) is 36.3. The summed E-state index contributed by atoms with van der Waals surface area (Å²) in [6.07, 6.45) is 15.9. The molecule has 4 aromatic carbocycles. The molecule has 2 aliphatic rings. The quantitative estimate of drug-likeness (QED) is 0.146. The number of hydrogen-bond acceptors (Lipinski definition) is 1. The number of halogens is 1. The van der Waals surface area contributed by atoms with Gasteiger partial charge >= 0.3 is 0 Å². The Bertz CT molecular complexity index is 2000. The van der Waals surface area contributed by atoms with Crippen molar-refractivity contribution in [2.75, 3.05) is 18.0 Å². The first-order valence-corrected chi connectivity index (χ1v) is 19.9. The molecule has 1 aliphatic heterocycles. The Morgan fingerprint density at radius 1 is 0.824 bits per heavy atom. The van der Waals surface area contributed by atoms with E-state index in [1.54, 1.807) is 0 Å². The molecular formula is C48H60ClN2+. The van der Waals surface area contributed by atoms with Crippen molar-refractivity contribution in [2.24, 2.45) is 11.8 Å². The zero-order valence-electron chi connectivity index (χ0n) is 32.5. The van der Waals surface area contributed by atoms with Gasteiger partial charge in [-0.3, -0.25) is 0 Å². The van der Waals surface area contributed by atoms with Crippen LogP contribution in [0.15, 0.2) is 119 Å². The second-order valence-electron chi connectivity index (χ2n) is 17.0. The van der Waals surface area contributed by atoms with Crippen LogP contribution in [0.25, 0.3) is 21.5 Å². The molecule has 51 heavy (non-hydrogen) atoms. The number of benzene rings is 4. The molecule has 1 heterocycles. The maximum absolute atomic E-state index is 7.28. The summed E-state index contributed by atoms with van der Waals surface area (Å²) in [6, 6.07) is 27.0. The number of quaternary nitrogens is 1. The van der Waals surface area contributed by atoms with Gasteiger partial charge in [0.25, 0.3) is 0 Å². The first kappa shape index (κ1) is 37.2. The topological polar surface area (TPSA) is 19.9 Å². The normalized spacial score (nSPS) is 18.1. The van der Waals surface area contributed by atoms with Gasteiger partial charge in [0, 0.05) is 33.9 Å². The summed E-state index contributed by atoms with van der Waals surface area (Å²) in [5.74, 6) is 1.34. The lowest BCUT2D eigenvalue weighted by Gasteiger charge is -2.28. The minimum absolute atomic E-state index is 0.0293. The fraction of sp³-hybridized carbons (Fsp3) is 0.417. The minimum Gasteiger partial charge on any atom is -0.344 e. The van der Waals surface area contributed by atoms with Crippen LogP contribution in [-0.2, 0) is 10.8 Å². The summed E-state index contributed by atoms with van der Waals surface area (Å²) in [6.45, 7) is 21.0. The van der Waals surface area contributed by atoms with E-state index in [2.05, 4.69) is 163 Å². The van der Waals surface area contributed by atoms with Gasteiger partial charge in [0.1, 0.15) is 5.69 Å². The summed E-state index contributed by atoms with van der Waals surface area (Å²) >= 11 is 7.28. The van der Waals surface area contributed by atoms with E-state index < -0.39 is 0 Å². The van der Waals surface area contributed by atoms with E-state index in [9.17, 15) is 0 Å². The lowest BCUT2D eigenvalue weighted by molar-refractivity contribution is -0.573. The highest BCUT2D eigenvalue weighted by Gasteiger charge is 2.41. The molecule has 2 N–H and O–H groups in total. The van der Waals surface area contributed by atoms with Crippen LogP contribution >= 0.6 is 11.6 Å². The number of rotatable bonds is 12. The fourth-order valence-corrected chi connectivity index (χ4v) is 8.75. The fourth-order valence-electron chi connectivity index (χ4n) is 8.43. The highest BCUT2D eigenvalue weighted by atomic mass is 35.5. The van der Waals surface area contributed by atoms with Crippen molar-refractivity contribution in [3.8, 4) is 0 Å². The van der Waals surface area contributed by atoms with Gasteiger partial charge in [-0.25, -0.2) is 0 Å². The van der Waals surface area contributed by atoms with Crippen molar-refractivity contribution in [3.63, 3.8) is 0 Å².